The topological polar surface area (TPSA) is 65.1 Å². The smallest absolute Gasteiger partial charge is 0.263 e. The highest BCUT2D eigenvalue weighted by Crippen LogP contribution is 2.51. The van der Waals surface area contributed by atoms with Crippen LogP contribution >= 0.6 is 0 Å². The molecule has 3 aliphatic rings. The van der Waals surface area contributed by atoms with Crippen LogP contribution in [-0.2, 0) is 19.7 Å². The number of ether oxygens (including phenoxy) is 1. The van der Waals surface area contributed by atoms with E-state index < -0.39 is 12.5 Å². The maximum atomic E-state index is 14.7. The van der Waals surface area contributed by atoms with E-state index in [4.69, 9.17) is 4.74 Å². The van der Waals surface area contributed by atoms with Crippen molar-refractivity contribution in [1.82, 2.24) is 20.0 Å². The third-order valence-electron chi connectivity index (χ3n) is 9.65. The summed E-state index contributed by atoms with van der Waals surface area (Å²) < 4.78 is 32.8. The molecular weight excluding hydrogens is 550 g/mol. The summed E-state index contributed by atoms with van der Waals surface area (Å²) in [5.74, 6) is -0.714. The Morgan fingerprint density at radius 2 is 1.67 bits per heavy atom. The molecule has 0 radical (unpaired) electrons. The van der Waals surface area contributed by atoms with Crippen LogP contribution in [0, 0.1) is 19.8 Å². The second-order valence-corrected chi connectivity index (χ2v) is 13.0. The molecule has 43 heavy (non-hydrogen) atoms. The molecule has 2 atom stereocenters. The van der Waals surface area contributed by atoms with Gasteiger partial charge in [-0.25, -0.2) is 8.78 Å². The molecule has 5 rings (SSSR count). The summed E-state index contributed by atoms with van der Waals surface area (Å²) in [6.45, 7) is 8.51. The van der Waals surface area contributed by atoms with Gasteiger partial charge in [-0.1, -0.05) is 42.5 Å². The van der Waals surface area contributed by atoms with E-state index in [0.717, 1.165) is 38.8 Å². The van der Waals surface area contributed by atoms with E-state index in [0.29, 0.717) is 38.3 Å². The zero-order chi connectivity index (χ0) is 30.7. The molecule has 0 aromatic heterocycles. The summed E-state index contributed by atoms with van der Waals surface area (Å²) in [5.41, 5.74) is 3.79. The fourth-order valence-electron chi connectivity index (χ4n) is 6.75. The van der Waals surface area contributed by atoms with Crippen LogP contribution in [0.15, 0.2) is 42.5 Å². The van der Waals surface area contributed by atoms with Crippen LogP contribution in [0.2, 0.25) is 0 Å². The van der Waals surface area contributed by atoms with E-state index in [2.05, 4.69) is 47.2 Å². The lowest BCUT2D eigenvalue weighted by molar-refractivity contribution is -0.145. The quantitative estimate of drug-likeness (QED) is 0.434. The second kappa shape index (κ2) is 13.4. The minimum Gasteiger partial charge on any atom is -0.376 e. The van der Waals surface area contributed by atoms with Gasteiger partial charge in [0.25, 0.3) is 6.43 Å². The Kier molecular flexibility index (Phi) is 9.83. The molecule has 1 aliphatic carbocycles. The molecule has 3 fully saturated rings. The summed E-state index contributed by atoms with van der Waals surface area (Å²) in [6.07, 6.45) is 0.969. The molecule has 234 valence electrons. The molecule has 2 amide bonds. The van der Waals surface area contributed by atoms with E-state index in [1.807, 2.05) is 14.1 Å². The molecule has 1 saturated carbocycles. The van der Waals surface area contributed by atoms with Gasteiger partial charge in [-0.3, -0.25) is 9.59 Å². The van der Waals surface area contributed by atoms with Gasteiger partial charge in [-0.2, -0.15) is 0 Å². The number of nitrogens with one attached hydrogen (secondary N) is 1. The standard InChI is InChI=1S/C34H46F2N4O3/c1-23-7-5-9-29(24(23)2)34(14-15-34)22-40(33(42)27-20-38(3)16-17-39(4)21-27)30(25-10-12-26(13-11-25)31(35)36)32(41)37-19-28-8-6-18-43-28/h5,7,9-13,27-28,30-31H,6,8,14-22H2,1-4H3,(H,37,41). The Labute approximate surface area is 254 Å². The van der Waals surface area contributed by atoms with E-state index in [-0.39, 0.29) is 34.8 Å². The minimum atomic E-state index is -2.62. The van der Waals surface area contributed by atoms with Crippen molar-refractivity contribution in [3.05, 3.63) is 70.3 Å². The van der Waals surface area contributed by atoms with Crippen molar-refractivity contribution in [2.75, 3.05) is 60.0 Å². The molecule has 7 nitrogen and oxygen atoms in total. The normalized spacial score (nSPS) is 21.9. The number of hydrogen-bond acceptors (Lipinski definition) is 5. The average molecular weight is 597 g/mol. The largest absolute Gasteiger partial charge is 0.376 e. The fraction of sp³-hybridized carbons (Fsp3) is 0.588. The van der Waals surface area contributed by atoms with Crippen molar-refractivity contribution >= 4 is 11.8 Å². The molecule has 2 aromatic rings. The summed E-state index contributed by atoms with van der Waals surface area (Å²) in [5, 5.41) is 3.07. The maximum absolute atomic E-state index is 14.7. The Hall–Kier alpha value is -2.88. The van der Waals surface area contributed by atoms with Crippen molar-refractivity contribution in [1.29, 1.82) is 0 Å². The fourth-order valence-corrected chi connectivity index (χ4v) is 6.75. The van der Waals surface area contributed by atoms with Crippen molar-refractivity contribution in [2.45, 2.75) is 63.5 Å². The minimum absolute atomic E-state index is 0.0659. The molecule has 2 aliphatic heterocycles. The summed E-state index contributed by atoms with van der Waals surface area (Å²) in [7, 11) is 4.05. The Bertz CT molecular complexity index is 1260. The first-order chi connectivity index (χ1) is 20.6. The molecule has 2 unspecified atom stereocenters. The van der Waals surface area contributed by atoms with Gasteiger partial charge >= 0.3 is 0 Å². The zero-order valence-corrected chi connectivity index (χ0v) is 26.0. The average Bonchev–Trinajstić information content (AvgIpc) is 3.62. The van der Waals surface area contributed by atoms with Crippen LogP contribution in [0.3, 0.4) is 0 Å². The number of carbonyl (C=O) groups is 2. The SMILES string of the molecule is Cc1cccc(C2(CN(C(=O)C3CN(C)CCN(C)C3)C(C(=O)NCC3CCCO3)c3ccc(C(F)F)cc3)CC2)c1C. The number of halogens is 2. The van der Waals surface area contributed by atoms with E-state index in [1.165, 1.54) is 28.8 Å². The monoisotopic (exact) mass is 596 g/mol. The summed E-state index contributed by atoms with van der Waals surface area (Å²) >= 11 is 0. The van der Waals surface area contributed by atoms with E-state index >= 15 is 0 Å². The van der Waals surface area contributed by atoms with Gasteiger partial charge in [0.1, 0.15) is 6.04 Å². The van der Waals surface area contributed by atoms with Crippen LogP contribution in [0.25, 0.3) is 0 Å². The lowest BCUT2D eigenvalue weighted by Gasteiger charge is -2.38. The first-order valence-electron chi connectivity index (χ1n) is 15.6. The number of benzene rings is 2. The first-order valence-corrected chi connectivity index (χ1v) is 15.6. The van der Waals surface area contributed by atoms with Crippen molar-refractivity contribution in [2.24, 2.45) is 5.92 Å². The van der Waals surface area contributed by atoms with Gasteiger partial charge in [0.2, 0.25) is 11.8 Å². The maximum Gasteiger partial charge on any atom is 0.263 e. The highest BCUT2D eigenvalue weighted by atomic mass is 19.3. The van der Waals surface area contributed by atoms with Gasteiger partial charge < -0.3 is 24.8 Å². The van der Waals surface area contributed by atoms with Crippen molar-refractivity contribution in [3.63, 3.8) is 0 Å². The Morgan fingerprint density at radius 3 is 2.26 bits per heavy atom. The van der Waals surface area contributed by atoms with Crippen LogP contribution in [0.4, 0.5) is 8.78 Å². The van der Waals surface area contributed by atoms with Gasteiger partial charge in [0, 0.05) is 56.9 Å². The third kappa shape index (κ3) is 7.27. The number of nitrogens with zero attached hydrogens (tertiary/aromatic N) is 3. The molecule has 2 heterocycles. The highest BCUT2D eigenvalue weighted by molar-refractivity contribution is 5.90. The molecule has 9 heteroatoms. The molecular formula is C34H46F2N4O3. The number of alkyl halides is 2. The van der Waals surface area contributed by atoms with E-state index in [1.54, 1.807) is 17.0 Å². The van der Waals surface area contributed by atoms with Gasteiger partial charge in [0.15, 0.2) is 0 Å². The lowest BCUT2D eigenvalue weighted by Crippen LogP contribution is -2.51. The Balaban J connectivity index is 1.55. The summed E-state index contributed by atoms with van der Waals surface area (Å²) in [4.78, 5) is 35.0. The molecule has 2 saturated heterocycles. The predicted octanol–water partition coefficient (Wildman–Crippen LogP) is 4.63. The van der Waals surface area contributed by atoms with Gasteiger partial charge in [-0.05, 0) is 75.9 Å². The lowest BCUT2D eigenvalue weighted by atomic mass is 9.87. The summed E-state index contributed by atoms with van der Waals surface area (Å²) in [6, 6.07) is 11.3. The van der Waals surface area contributed by atoms with Crippen LogP contribution in [0.1, 0.15) is 66.0 Å². The number of amides is 2. The van der Waals surface area contributed by atoms with Gasteiger partial charge in [-0.15, -0.1) is 0 Å². The predicted molar refractivity (Wildman–Crippen MR) is 163 cm³/mol. The number of aryl methyl sites for hydroxylation is 1. The number of likely N-dealkylation sites (N-methyl/N-ethyl adjacent to an activating group) is 2. The number of hydrogen-bond donors (Lipinski definition) is 1. The van der Waals surface area contributed by atoms with Crippen LogP contribution < -0.4 is 5.32 Å². The highest BCUT2D eigenvalue weighted by Gasteiger charge is 2.50. The van der Waals surface area contributed by atoms with Gasteiger partial charge in [0.05, 0.1) is 12.0 Å². The second-order valence-electron chi connectivity index (χ2n) is 13.0. The van der Waals surface area contributed by atoms with Crippen molar-refractivity contribution in [3.8, 4) is 0 Å². The van der Waals surface area contributed by atoms with Crippen LogP contribution in [-0.4, -0.2) is 92.6 Å². The van der Waals surface area contributed by atoms with E-state index in [9.17, 15) is 18.4 Å². The zero-order valence-electron chi connectivity index (χ0n) is 26.0. The molecule has 0 bridgehead atoms. The van der Waals surface area contributed by atoms with Crippen LogP contribution in [0.5, 0.6) is 0 Å². The Morgan fingerprint density at radius 1 is 1.02 bits per heavy atom. The van der Waals surface area contributed by atoms with Crippen molar-refractivity contribution < 1.29 is 23.1 Å². The number of rotatable bonds is 10. The molecule has 1 N–H and O–H groups in total. The molecule has 0 spiro atoms. The molecule has 2 aromatic carbocycles. The number of carbonyl (C=O) groups excluding carboxylic acids is 2. The third-order valence-corrected chi connectivity index (χ3v) is 9.65. The first kappa shape index (κ1) is 31.5.